The predicted octanol–water partition coefficient (Wildman–Crippen LogP) is 1.10. The van der Waals surface area contributed by atoms with Crippen molar-refractivity contribution in [3.05, 3.63) is 0 Å². The van der Waals surface area contributed by atoms with E-state index in [0.29, 0.717) is 13.2 Å². The second-order valence-electron chi connectivity index (χ2n) is 5.60. The first-order chi connectivity index (χ1) is 6.70. The Hall–Kier alpha value is -0.610. The average molecular weight is 215 g/mol. The van der Waals surface area contributed by atoms with Gasteiger partial charge in [0, 0.05) is 12.1 Å². The third-order valence-electron chi connectivity index (χ3n) is 2.08. The highest BCUT2D eigenvalue weighted by Crippen LogP contribution is 2.15. The number of carbonyl (C=O) groups is 1. The molecule has 15 heavy (non-hydrogen) atoms. The number of hydrogen-bond acceptors (Lipinski definition) is 4. The quantitative estimate of drug-likeness (QED) is 0.665. The summed E-state index contributed by atoms with van der Waals surface area (Å²) >= 11 is 0. The fourth-order valence-electron chi connectivity index (χ4n) is 1.31. The topological polar surface area (TPSA) is 47.6 Å². The van der Waals surface area contributed by atoms with Crippen molar-refractivity contribution < 1.29 is 14.3 Å². The summed E-state index contributed by atoms with van der Waals surface area (Å²) in [6, 6.07) is 0. The largest absolute Gasteiger partial charge is 0.458 e. The minimum Gasteiger partial charge on any atom is -0.458 e. The van der Waals surface area contributed by atoms with Gasteiger partial charge in [-0.2, -0.15) is 0 Å². The lowest BCUT2D eigenvalue weighted by atomic mass is 10.0. The van der Waals surface area contributed by atoms with E-state index in [1.54, 1.807) is 0 Å². The Morgan fingerprint density at radius 3 is 2.47 bits per heavy atom. The van der Waals surface area contributed by atoms with E-state index in [0.717, 1.165) is 0 Å². The van der Waals surface area contributed by atoms with Gasteiger partial charge in [-0.25, -0.2) is 4.79 Å². The van der Waals surface area contributed by atoms with Gasteiger partial charge in [0.15, 0.2) is 6.10 Å². The zero-order valence-corrected chi connectivity index (χ0v) is 10.2. The summed E-state index contributed by atoms with van der Waals surface area (Å²) in [4.78, 5) is 11.6. The van der Waals surface area contributed by atoms with E-state index in [2.05, 4.69) is 5.32 Å². The summed E-state index contributed by atoms with van der Waals surface area (Å²) in [5.41, 5.74) is -0.508. The van der Waals surface area contributed by atoms with Crippen LogP contribution in [0.4, 0.5) is 0 Å². The zero-order valence-electron chi connectivity index (χ0n) is 10.2. The van der Waals surface area contributed by atoms with Crippen LogP contribution < -0.4 is 5.32 Å². The van der Waals surface area contributed by atoms with E-state index in [1.807, 2.05) is 34.6 Å². The standard InChI is InChI=1S/C11H21NO3/c1-10(2,3)15-9(13)8-6-12-11(4,5)7-14-8/h8,12H,6-7H2,1-5H3. The van der Waals surface area contributed by atoms with E-state index in [-0.39, 0.29) is 11.5 Å². The fourth-order valence-corrected chi connectivity index (χ4v) is 1.31. The second-order valence-corrected chi connectivity index (χ2v) is 5.60. The van der Waals surface area contributed by atoms with Crippen LogP contribution in [-0.4, -0.2) is 36.4 Å². The Morgan fingerprint density at radius 2 is 2.07 bits per heavy atom. The Morgan fingerprint density at radius 1 is 1.47 bits per heavy atom. The molecule has 0 radical (unpaired) electrons. The molecule has 0 bridgehead atoms. The van der Waals surface area contributed by atoms with E-state index >= 15 is 0 Å². The van der Waals surface area contributed by atoms with Gasteiger partial charge in [0.2, 0.25) is 0 Å². The molecule has 0 amide bonds. The number of carbonyl (C=O) groups excluding carboxylic acids is 1. The first kappa shape index (κ1) is 12.5. The molecule has 1 atom stereocenters. The molecule has 0 aromatic carbocycles. The van der Waals surface area contributed by atoms with Crippen molar-refractivity contribution in [3.63, 3.8) is 0 Å². The molecule has 4 nitrogen and oxygen atoms in total. The van der Waals surface area contributed by atoms with Gasteiger partial charge >= 0.3 is 5.97 Å². The Kier molecular flexibility index (Phi) is 3.41. The highest BCUT2D eigenvalue weighted by Gasteiger charge is 2.33. The Bertz CT molecular complexity index is 233. The van der Waals surface area contributed by atoms with Crippen molar-refractivity contribution in [1.29, 1.82) is 0 Å². The molecule has 1 N–H and O–H groups in total. The van der Waals surface area contributed by atoms with Crippen LogP contribution >= 0.6 is 0 Å². The molecule has 0 aromatic rings. The number of esters is 1. The molecule has 1 aliphatic rings. The molecule has 1 unspecified atom stereocenters. The minimum absolute atomic E-state index is 0.0570. The molecule has 1 rings (SSSR count). The van der Waals surface area contributed by atoms with Gasteiger partial charge in [0.05, 0.1) is 6.61 Å². The Labute approximate surface area is 91.3 Å². The van der Waals surface area contributed by atoms with Crippen molar-refractivity contribution in [2.45, 2.75) is 51.9 Å². The van der Waals surface area contributed by atoms with Crippen molar-refractivity contribution in [3.8, 4) is 0 Å². The average Bonchev–Trinajstić information content (AvgIpc) is 2.00. The SMILES string of the molecule is CC1(C)COC(C(=O)OC(C)(C)C)CN1. The maximum atomic E-state index is 11.6. The normalized spacial score (nSPS) is 26.1. The van der Waals surface area contributed by atoms with Crippen molar-refractivity contribution in [2.24, 2.45) is 0 Å². The molecular weight excluding hydrogens is 194 g/mol. The monoisotopic (exact) mass is 215 g/mol. The maximum Gasteiger partial charge on any atom is 0.337 e. The van der Waals surface area contributed by atoms with Crippen LogP contribution in [0.5, 0.6) is 0 Å². The first-order valence-electron chi connectivity index (χ1n) is 5.29. The highest BCUT2D eigenvalue weighted by atomic mass is 16.6. The third kappa shape index (κ3) is 4.18. The van der Waals surface area contributed by atoms with Gasteiger partial charge in [-0.1, -0.05) is 0 Å². The predicted molar refractivity (Wildman–Crippen MR) is 57.7 cm³/mol. The molecule has 0 aliphatic carbocycles. The second kappa shape index (κ2) is 4.10. The van der Waals surface area contributed by atoms with Crippen LogP contribution in [0.3, 0.4) is 0 Å². The van der Waals surface area contributed by atoms with E-state index in [4.69, 9.17) is 9.47 Å². The minimum atomic E-state index is -0.475. The molecule has 88 valence electrons. The van der Waals surface area contributed by atoms with Gasteiger partial charge in [0.25, 0.3) is 0 Å². The third-order valence-corrected chi connectivity index (χ3v) is 2.08. The summed E-state index contributed by atoms with van der Waals surface area (Å²) in [5.74, 6) is -0.287. The molecule has 1 heterocycles. The van der Waals surface area contributed by atoms with Crippen molar-refractivity contribution in [1.82, 2.24) is 5.32 Å². The van der Waals surface area contributed by atoms with Crippen LogP contribution in [0.25, 0.3) is 0 Å². The van der Waals surface area contributed by atoms with Gasteiger partial charge in [-0.05, 0) is 34.6 Å². The zero-order chi connectivity index (χ0) is 11.7. The number of morpholine rings is 1. The Balaban J connectivity index is 2.44. The number of hydrogen-bond donors (Lipinski definition) is 1. The number of nitrogens with one attached hydrogen (secondary N) is 1. The lowest BCUT2D eigenvalue weighted by molar-refractivity contribution is -0.172. The highest BCUT2D eigenvalue weighted by molar-refractivity contribution is 5.75. The molecule has 0 aromatic heterocycles. The fraction of sp³-hybridized carbons (Fsp3) is 0.909. The first-order valence-corrected chi connectivity index (χ1v) is 5.29. The van der Waals surface area contributed by atoms with Gasteiger partial charge < -0.3 is 14.8 Å². The van der Waals surface area contributed by atoms with E-state index in [9.17, 15) is 4.79 Å². The molecule has 4 heteroatoms. The van der Waals surface area contributed by atoms with Gasteiger partial charge in [-0.3, -0.25) is 0 Å². The van der Waals surface area contributed by atoms with E-state index in [1.165, 1.54) is 0 Å². The van der Waals surface area contributed by atoms with E-state index < -0.39 is 11.7 Å². The number of ether oxygens (including phenoxy) is 2. The molecule has 1 aliphatic heterocycles. The van der Waals surface area contributed by atoms with Crippen LogP contribution in [0.1, 0.15) is 34.6 Å². The lowest BCUT2D eigenvalue weighted by Gasteiger charge is -2.35. The summed E-state index contributed by atoms with van der Waals surface area (Å²) in [6.07, 6.45) is -0.475. The molecule has 1 saturated heterocycles. The summed E-state index contributed by atoms with van der Waals surface area (Å²) < 4.78 is 10.7. The van der Waals surface area contributed by atoms with Crippen LogP contribution in [0.15, 0.2) is 0 Å². The number of rotatable bonds is 1. The summed E-state index contributed by atoms with van der Waals surface area (Å²) in [6.45, 7) is 10.7. The molecule has 0 saturated carbocycles. The molecule has 1 fully saturated rings. The van der Waals surface area contributed by atoms with Crippen LogP contribution in [0, 0.1) is 0 Å². The van der Waals surface area contributed by atoms with Gasteiger partial charge in [-0.15, -0.1) is 0 Å². The molecule has 0 spiro atoms. The van der Waals surface area contributed by atoms with Crippen molar-refractivity contribution >= 4 is 5.97 Å². The van der Waals surface area contributed by atoms with Crippen LogP contribution in [-0.2, 0) is 14.3 Å². The van der Waals surface area contributed by atoms with Crippen LogP contribution in [0.2, 0.25) is 0 Å². The summed E-state index contributed by atoms with van der Waals surface area (Å²) in [5, 5.41) is 3.25. The smallest absolute Gasteiger partial charge is 0.337 e. The van der Waals surface area contributed by atoms with Crippen molar-refractivity contribution in [2.75, 3.05) is 13.2 Å². The molecular formula is C11H21NO3. The summed E-state index contributed by atoms with van der Waals surface area (Å²) in [7, 11) is 0. The lowest BCUT2D eigenvalue weighted by Crippen LogP contribution is -2.56. The van der Waals surface area contributed by atoms with Gasteiger partial charge in [0.1, 0.15) is 5.60 Å². The maximum absolute atomic E-state index is 11.6.